The van der Waals surface area contributed by atoms with Gasteiger partial charge in [-0.1, -0.05) is 55.5 Å². The molecule has 0 unspecified atom stereocenters. The Kier molecular flexibility index (Phi) is 5.43. The summed E-state index contributed by atoms with van der Waals surface area (Å²) < 4.78 is 0. The van der Waals surface area contributed by atoms with Crippen molar-refractivity contribution in [2.75, 3.05) is 0 Å². The monoisotopic (exact) mass is 212 g/mol. The van der Waals surface area contributed by atoms with Gasteiger partial charge in [0.2, 0.25) is 0 Å². The van der Waals surface area contributed by atoms with Crippen molar-refractivity contribution in [1.29, 1.82) is 0 Å². The van der Waals surface area contributed by atoms with Gasteiger partial charge in [0, 0.05) is 12.0 Å². The molecule has 84 valence electrons. The molecule has 0 aliphatic carbocycles. The van der Waals surface area contributed by atoms with E-state index in [1.807, 2.05) is 6.07 Å². The molecule has 0 spiro atoms. The quantitative estimate of drug-likeness (QED) is 0.395. The van der Waals surface area contributed by atoms with E-state index in [9.17, 15) is 0 Å². The highest BCUT2D eigenvalue weighted by molar-refractivity contribution is 5.42. The molecule has 0 heterocycles. The van der Waals surface area contributed by atoms with Gasteiger partial charge >= 0.3 is 0 Å². The third-order valence-electron chi connectivity index (χ3n) is 2.39. The van der Waals surface area contributed by atoms with Crippen molar-refractivity contribution in [3.8, 4) is 11.8 Å². The van der Waals surface area contributed by atoms with Gasteiger partial charge in [0.15, 0.2) is 0 Å². The Balaban J connectivity index is 2.76. The zero-order chi connectivity index (χ0) is 11.8. The highest BCUT2D eigenvalue weighted by Crippen LogP contribution is 2.11. The van der Waals surface area contributed by atoms with E-state index < -0.39 is 0 Å². The molecule has 0 amide bonds. The lowest BCUT2D eigenvalue weighted by molar-refractivity contribution is 0.828. The van der Waals surface area contributed by atoms with E-state index in [4.69, 9.17) is 0 Å². The second-order valence-electron chi connectivity index (χ2n) is 4.20. The standard InChI is InChI=1S/C16H20/c1-4-5-6-7-10-15-11-8-9-12-16(15)13-14(2)3/h8-9,11-12H,2,4-6,13H2,1,3H3. The molecule has 16 heavy (non-hydrogen) atoms. The second kappa shape index (κ2) is 6.90. The van der Waals surface area contributed by atoms with Gasteiger partial charge in [-0.25, -0.2) is 0 Å². The zero-order valence-electron chi connectivity index (χ0n) is 10.3. The lowest BCUT2D eigenvalue weighted by atomic mass is 10.0. The summed E-state index contributed by atoms with van der Waals surface area (Å²) in [4.78, 5) is 0. The van der Waals surface area contributed by atoms with Gasteiger partial charge in [-0.15, -0.1) is 0 Å². The van der Waals surface area contributed by atoms with Crippen LogP contribution in [-0.4, -0.2) is 0 Å². The average molecular weight is 212 g/mol. The largest absolute Gasteiger partial charge is 0.0998 e. The molecule has 0 saturated heterocycles. The van der Waals surface area contributed by atoms with Crippen molar-refractivity contribution in [2.45, 2.75) is 39.5 Å². The van der Waals surface area contributed by atoms with Crippen LogP contribution >= 0.6 is 0 Å². The molecule has 1 aromatic rings. The van der Waals surface area contributed by atoms with Crippen LogP contribution in [0, 0.1) is 11.8 Å². The molecule has 0 aromatic heterocycles. The summed E-state index contributed by atoms with van der Waals surface area (Å²) in [6.07, 6.45) is 4.33. The van der Waals surface area contributed by atoms with Crippen molar-refractivity contribution < 1.29 is 0 Å². The number of hydrogen-bond donors (Lipinski definition) is 0. The van der Waals surface area contributed by atoms with E-state index in [1.165, 1.54) is 24.0 Å². The fourth-order valence-electron chi connectivity index (χ4n) is 1.54. The maximum Gasteiger partial charge on any atom is 0.0280 e. The highest BCUT2D eigenvalue weighted by Gasteiger charge is 1.98. The first-order chi connectivity index (χ1) is 7.74. The molecule has 0 nitrogen and oxygen atoms in total. The molecule has 0 atom stereocenters. The molecule has 0 heteroatoms. The first-order valence-corrected chi connectivity index (χ1v) is 5.95. The molecule has 0 bridgehead atoms. The van der Waals surface area contributed by atoms with Crippen molar-refractivity contribution in [2.24, 2.45) is 0 Å². The Bertz CT molecular complexity index is 402. The Morgan fingerprint density at radius 1 is 1.31 bits per heavy atom. The smallest absolute Gasteiger partial charge is 0.0280 e. The molecule has 0 radical (unpaired) electrons. The molecule has 0 aliphatic rings. The second-order valence-corrected chi connectivity index (χ2v) is 4.20. The summed E-state index contributed by atoms with van der Waals surface area (Å²) in [5.74, 6) is 6.50. The number of allylic oxidation sites excluding steroid dienone is 1. The number of unbranched alkanes of at least 4 members (excludes halogenated alkanes) is 2. The fraction of sp³-hybridized carbons (Fsp3) is 0.375. The van der Waals surface area contributed by atoms with E-state index in [1.54, 1.807) is 0 Å². The summed E-state index contributed by atoms with van der Waals surface area (Å²) in [6.45, 7) is 8.20. The van der Waals surface area contributed by atoms with E-state index in [0.29, 0.717) is 0 Å². The van der Waals surface area contributed by atoms with Gasteiger partial charge < -0.3 is 0 Å². The van der Waals surface area contributed by atoms with Crippen LogP contribution in [-0.2, 0) is 6.42 Å². The van der Waals surface area contributed by atoms with Crippen LogP contribution in [0.1, 0.15) is 44.2 Å². The predicted octanol–water partition coefficient (Wildman–Crippen LogP) is 4.35. The summed E-state index contributed by atoms with van der Waals surface area (Å²) >= 11 is 0. The SMILES string of the molecule is C=C(C)Cc1ccccc1C#CCCCC. The Morgan fingerprint density at radius 2 is 2.06 bits per heavy atom. The van der Waals surface area contributed by atoms with Crippen molar-refractivity contribution >= 4 is 0 Å². The summed E-state index contributed by atoms with van der Waals surface area (Å²) in [5.41, 5.74) is 3.63. The van der Waals surface area contributed by atoms with Crippen molar-refractivity contribution in [3.63, 3.8) is 0 Å². The van der Waals surface area contributed by atoms with Gasteiger partial charge in [0.05, 0.1) is 0 Å². The maximum atomic E-state index is 3.95. The molecular weight excluding hydrogens is 192 g/mol. The van der Waals surface area contributed by atoms with Crippen LogP contribution in [0.4, 0.5) is 0 Å². The van der Waals surface area contributed by atoms with Crippen LogP contribution in [0.15, 0.2) is 36.4 Å². The van der Waals surface area contributed by atoms with E-state index in [-0.39, 0.29) is 0 Å². The molecule has 1 aromatic carbocycles. The first kappa shape index (κ1) is 12.6. The minimum Gasteiger partial charge on any atom is -0.0998 e. The van der Waals surface area contributed by atoms with Crippen LogP contribution in [0.2, 0.25) is 0 Å². The Morgan fingerprint density at radius 3 is 2.75 bits per heavy atom. The summed E-state index contributed by atoms with van der Waals surface area (Å²) in [5, 5.41) is 0. The number of rotatable bonds is 4. The summed E-state index contributed by atoms with van der Waals surface area (Å²) in [6, 6.07) is 8.34. The third kappa shape index (κ3) is 4.36. The lowest BCUT2D eigenvalue weighted by Gasteiger charge is -2.03. The number of hydrogen-bond acceptors (Lipinski definition) is 0. The molecule has 0 N–H and O–H groups in total. The van der Waals surface area contributed by atoms with E-state index in [2.05, 4.69) is 50.5 Å². The van der Waals surface area contributed by atoms with Crippen molar-refractivity contribution in [3.05, 3.63) is 47.5 Å². The average Bonchev–Trinajstić information content (AvgIpc) is 2.26. The van der Waals surface area contributed by atoms with Crippen LogP contribution in [0.25, 0.3) is 0 Å². The van der Waals surface area contributed by atoms with Gasteiger partial charge in [-0.05, 0) is 31.4 Å². The van der Waals surface area contributed by atoms with Gasteiger partial charge in [-0.2, -0.15) is 0 Å². The lowest BCUT2D eigenvalue weighted by Crippen LogP contribution is -1.90. The minimum atomic E-state index is 0.929. The van der Waals surface area contributed by atoms with Crippen LogP contribution < -0.4 is 0 Å². The normalized spacial score (nSPS) is 9.38. The zero-order valence-corrected chi connectivity index (χ0v) is 10.3. The van der Waals surface area contributed by atoms with Crippen LogP contribution in [0.3, 0.4) is 0 Å². The Labute approximate surface area is 99.4 Å². The molecule has 0 fully saturated rings. The fourth-order valence-corrected chi connectivity index (χ4v) is 1.54. The maximum absolute atomic E-state index is 3.95. The van der Waals surface area contributed by atoms with Gasteiger partial charge in [0.1, 0.15) is 0 Å². The Hall–Kier alpha value is -1.48. The molecule has 0 aliphatic heterocycles. The van der Waals surface area contributed by atoms with Gasteiger partial charge in [-0.3, -0.25) is 0 Å². The van der Waals surface area contributed by atoms with Crippen LogP contribution in [0.5, 0.6) is 0 Å². The highest BCUT2D eigenvalue weighted by atomic mass is 14.0. The van der Waals surface area contributed by atoms with Crippen molar-refractivity contribution in [1.82, 2.24) is 0 Å². The molecule has 0 saturated carbocycles. The third-order valence-corrected chi connectivity index (χ3v) is 2.39. The molecular formula is C16H20. The van der Waals surface area contributed by atoms with E-state index >= 15 is 0 Å². The number of benzene rings is 1. The van der Waals surface area contributed by atoms with Gasteiger partial charge in [0.25, 0.3) is 0 Å². The van der Waals surface area contributed by atoms with E-state index in [0.717, 1.165) is 18.4 Å². The first-order valence-electron chi connectivity index (χ1n) is 5.95. The minimum absolute atomic E-state index is 0.929. The predicted molar refractivity (Wildman–Crippen MR) is 71.4 cm³/mol. The topological polar surface area (TPSA) is 0 Å². The molecule has 1 rings (SSSR count). The summed E-state index contributed by atoms with van der Waals surface area (Å²) in [7, 11) is 0.